The Labute approximate surface area is 129 Å². The SMILES string of the molecule is CNCc1c(N(CCOC)C(C)C2CC2)nc2sccn12. The summed E-state index contributed by atoms with van der Waals surface area (Å²) in [6.07, 6.45) is 4.79. The zero-order valence-corrected chi connectivity index (χ0v) is 13.8. The maximum Gasteiger partial charge on any atom is 0.195 e. The Balaban J connectivity index is 1.96. The summed E-state index contributed by atoms with van der Waals surface area (Å²) in [6, 6.07) is 0.528. The van der Waals surface area contributed by atoms with Crippen molar-refractivity contribution in [2.75, 3.05) is 32.2 Å². The number of aromatic nitrogens is 2. The number of rotatable bonds is 8. The first-order valence-corrected chi connectivity index (χ1v) is 8.48. The van der Waals surface area contributed by atoms with Crippen molar-refractivity contribution in [3.05, 3.63) is 17.3 Å². The molecule has 2 aromatic heterocycles. The van der Waals surface area contributed by atoms with Crippen molar-refractivity contribution in [3.63, 3.8) is 0 Å². The van der Waals surface area contributed by atoms with Gasteiger partial charge < -0.3 is 15.0 Å². The second kappa shape index (κ2) is 6.34. The van der Waals surface area contributed by atoms with Crippen molar-refractivity contribution < 1.29 is 4.74 Å². The highest BCUT2D eigenvalue weighted by atomic mass is 32.1. The fourth-order valence-electron chi connectivity index (χ4n) is 2.91. The molecule has 1 fully saturated rings. The van der Waals surface area contributed by atoms with E-state index in [4.69, 9.17) is 9.72 Å². The van der Waals surface area contributed by atoms with E-state index in [-0.39, 0.29) is 0 Å². The molecule has 0 saturated heterocycles. The van der Waals surface area contributed by atoms with Crippen LogP contribution in [0.4, 0.5) is 5.82 Å². The van der Waals surface area contributed by atoms with Gasteiger partial charge in [0.1, 0.15) is 0 Å². The van der Waals surface area contributed by atoms with Gasteiger partial charge in [-0.3, -0.25) is 4.40 Å². The Morgan fingerprint density at radius 3 is 3.05 bits per heavy atom. The molecule has 1 atom stereocenters. The van der Waals surface area contributed by atoms with Crippen LogP contribution in [0.2, 0.25) is 0 Å². The monoisotopic (exact) mass is 308 g/mol. The average molecular weight is 308 g/mol. The lowest BCUT2D eigenvalue weighted by Gasteiger charge is -2.30. The molecular weight excluding hydrogens is 284 g/mol. The molecule has 0 radical (unpaired) electrons. The van der Waals surface area contributed by atoms with Crippen LogP contribution >= 0.6 is 11.3 Å². The lowest BCUT2D eigenvalue weighted by molar-refractivity contribution is 0.202. The minimum absolute atomic E-state index is 0.528. The minimum Gasteiger partial charge on any atom is -0.383 e. The third-order valence-electron chi connectivity index (χ3n) is 4.29. The van der Waals surface area contributed by atoms with E-state index in [1.54, 1.807) is 18.4 Å². The molecule has 0 aliphatic heterocycles. The number of nitrogens with zero attached hydrogens (tertiary/aromatic N) is 3. The molecule has 3 rings (SSSR count). The first-order chi connectivity index (χ1) is 10.3. The van der Waals surface area contributed by atoms with Crippen LogP contribution in [0.3, 0.4) is 0 Å². The molecule has 0 bridgehead atoms. The van der Waals surface area contributed by atoms with Gasteiger partial charge in [0, 0.05) is 37.8 Å². The minimum atomic E-state index is 0.528. The van der Waals surface area contributed by atoms with Gasteiger partial charge in [0.15, 0.2) is 10.8 Å². The second-order valence-electron chi connectivity index (χ2n) is 5.73. The Hall–Kier alpha value is -1.11. The lowest BCUT2D eigenvalue weighted by Crippen LogP contribution is -2.38. The van der Waals surface area contributed by atoms with E-state index in [9.17, 15) is 0 Å². The van der Waals surface area contributed by atoms with Crippen molar-refractivity contribution >= 4 is 22.1 Å². The second-order valence-corrected chi connectivity index (χ2v) is 6.61. The highest BCUT2D eigenvalue weighted by Crippen LogP contribution is 2.37. The number of thiazole rings is 1. The molecule has 1 saturated carbocycles. The molecule has 5 nitrogen and oxygen atoms in total. The third kappa shape index (κ3) is 2.93. The van der Waals surface area contributed by atoms with Gasteiger partial charge in [0.25, 0.3) is 0 Å². The van der Waals surface area contributed by atoms with E-state index >= 15 is 0 Å². The van der Waals surface area contributed by atoms with Crippen molar-refractivity contribution in [3.8, 4) is 0 Å². The van der Waals surface area contributed by atoms with Gasteiger partial charge in [-0.25, -0.2) is 4.98 Å². The third-order valence-corrected chi connectivity index (χ3v) is 5.04. The molecule has 1 unspecified atom stereocenters. The first-order valence-electron chi connectivity index (χ1n) is 7.61. The van der Waals surface area contributed by atoms with Crippen molar-refractivity contribution in [1.82, 2.24) is 14.7 Å². The number of nitrogens with one attached hydrogen (secondary N) is 1. The number of anilines is 1. The molecule has 116 valence electrons. The van der Waals surface area contributed by atoms with Crippen LogP contribution < -0.4 is 10.2 Å². The maximum atomic E-state index is 5.31. The summed E-state index contributed by atoms with van der Waals surface area (Å²) < 4.78 is 7.51. The number of fused-ring (bicyclic) bond motifs is 1. The fourth-order valence-corrected chi connectivity index (χ4v) is 3.64. The summed E-state index contributed by atoms with van der Waals surface area (Å²) in [5.74, 6) is 1.93. The van der Waals surface area contributed by atoms with E-state index in [1.165, 1.54) is 18.5 Å². The van der Waals surface area contributed by atoms with Gasteiger partial charge in [-0.2, -0.15) is 0 Å². The molecule has 1 aliphatic carbocycles. The Kier molecular flexibility index (Phi) is 4.47. The number of hydrogen-bond donors (Lipinski definition) is 1. The topological polar surface area (TPSA) is 41.8 Å². The standard InChI is InChI=1S/C15H24N4OS/c1-11(12-4-5-12)18(6-8-20-3)14-13(10-16-2)19-7-9-21-15(19)17-14/h7,9,11-12,16H,4-6,8,10H2,1-3H3. The molecule has 21 heavy (non-hydrogen) atoms. The molecular formula is C15H24N4OS. The molecule has 0 amide bonds. The highest BCUT2D eigenvalue weighted by molar-refractivity contribution is 7.15. The van der Waals surface area contributed by atoms with Gasteiger partial charge in [0.05, 0.1) is 12.3 Å². The molecule has 0 aromatic carbocycles. The largest absolute Gasteiger partial charge is 0.383 e. The predicted octanol–water partition coefficient (Wildman–Crippen LogP) is 2.37. The van der Waals surface area contributed by atoms with Crippen LogP contribution in [0.1, 0.15) is 25.5 Å². The van der Waals surface area contributed by atoms with Crippen LogP contribution in [0.25, 0.3) is 4.96 Å². The van der Waals surface area contributed by atoms with Gasteiger partial charge in [-0.1, -0.05) is 0 Å². The van der Waals surface area contributed by atoms with Crippen LogP contribution in [-0.4, -0.2) is 42.7 Å². The van der Waals surface area contributed by atoms with Crippen LogP contribution in [0, 0.1) is 5.92 Å². The normalized spacial score (nSPS) is 16.5. The smallest absolute Gasteiger partial charge is 0.195 e. The van der Waals surface area contributed by atoms with Crippen LogP contribution in [0.15, 0.2) is 11.6 Å². The van der Waals surface area contributed by atoms with Crippen molar-refractivity contribution in [2.45, 2.75) is 32.4 Å². The molecule has 1 N–H and O–H groups in total. The summed E-state index contributed by atoms with van der Waals surface area (Å²) in [6.45, 7) is 4.79. The number of methoxy groups -OCH3 is 1. The Morgan fingerprint density at radius 2 is 2.38 bits per heavy atom. The molecule has 0 spiro atoms. The maximum absolute atomic E-state index is 5.31. The Morgan fingerprint density at radius 1 is 1.57 bits per heavy atom. The van der Waals surface area contributed by atoms with Crippen molar-refractivity contribution in [1.29, 1.82) is 0 Å². The number of ether oxygens (including phenoxy) is 1. The molecule has 2 heterocycles. The van der Waals surface area contributed by atoms with E-state index in [0.717, 1.165) is 36.4 Å². The summed E-state index contributed by atoms with van der Waals surface area (Å²) in [5.41, 5.74) is 1.25. The average Bonchev–Trinajstić information content (AvgIpc) is 3.15. The lowest BCUT2D eigenvalue weighted by atomic mass is 10.1. The van der Waals surface area contributed by atoms with Crippen LogP contribution in [0.5, 0.6) is 0 Å². The molecule has 6 heteroatoms. The fraction of sp³-hybridized carbons (Fsp3) is 0.667. The molecule has 2 aromatic rings. The van der Waals surface area contributed by atoms with Gasteiger partial charge in [-0.05, 0) is 32.7 Å². The zero-order chi connectivity index (χ0) is 14.8. The van der Waals surface area contributed by atoms with Crippen LogP contribution in [-0.2, 0) is 11.3 Å². The Bertz CT molecular complexity index is 590. The summed E-state index contributed by atoms with van der Waals surface area (Å²) in [4.78, 5) is 8.40. The number of imidazole rings is 1. The zero-order valence-electron chi connectivity index (χ0n) is 13.0. The summed E-state index contributed by atoms with van der Waals surface area (Å²) in [7, 11) is 3.75. The quantitative estimate of drug-likeness (QED) is 0.813. The number of hydrogen-bond acceptors (Lipinski definition) is 5. The van der Waals surface area contributed by atoms with E-state index < -0.39 is 0 Å². The first kappa shape index (κ1) is 14.8. The van der Waals surface area contributed by atoms with Gasteiger partial charge in [-0.15, -0.1) is 11.3 Å². The van der Waals surface area contributed by atoms with E-state index in [1.807, 2.05) is 7.05 Å². The van der Waals surface area contributed by atoms with Crippen molar-refractivity contribution in [2.24, 2.45) is 5.92 Å². The van der Waals surface area contributed by atoms with Gasteiger partial charge >= 0.3 is 0 Å². The van der Waals surface area contributed by atoms with Gasteiger partial charge in [0.2, 0.25) is 0 Å². The predicted molar refractivity (Wildman–Crippen MR) is 87.2 cm³/mol. The summed E-state index contributed by atoms with van der Waals surface area (Å²) >= 11 is 1.69. The molecule has 1 aliphatic rings. The summed E-state index contributed by atoms with van der Waals surface area (Å²) in [5, 5.41) is 5.37. The highest BCUT2D eigenvalue weighted by Gasteiger charge is 2.34. The van der Waals surface area contributed by atoms with E-state index in [0.29, 0.717) is 6.04 Å². The van der Waals surface area contributed by atoms with E-state index in [2.05, 4.69) is 33.1 Å².